The molecule has 1 aliphatic rings. The van der Waals surface area contributed by atoms with Gasteiger partial charge in [0.15, 0.2) is 0 Å². The summed E-state index contributed by atoms with van der Waals surface area (Å²) in [6.45, 7) is 2.11. The molecule has 0 aliphatic carbocycles. The third-order valence-corrected chi connectivity index (χ3v) is 7.16. The molecule has 166 valence electrons. The lowest BCUT2D eigenvalue weighted by Gasteiger charge is -2.30. The Bertz CT molecular complexity index is 1160. The number of piperidine rings is 1. The first-order valence-corrected chi connectivity index (χ1v) is 12.5. The maximum absolute atomic E-state index is 12.4. The molecule has 2 aromatic heterocycles. The van der Waals surface area contributed by atoms with Crippen molar-refractivity contribution in [3.8, 4) is 5.75 Å². The summed E-state index contributed by atoms with van der Waals surface area (Å²) in [5.74, 6) is 1.31. The zero-order valence-electron chi connectivity index (χ0n) is 17.7. The third kappa shape index (κ3) is 5.57. The lowest BCUT2D eigenvalue weighted by Crippen LogP contribution is -2.37. The third-order valence-electron chi connectivity index (χ3n) is 5.85. The van der Waals surface area contributed by atoms with E-state index in [1.54, 1.807) is 4.31 Å². The van der Waals surface area contributed by atoms with Crippen LogP contribution in [0.1, 0.15) is 31.4 Å². The number of hydrogen-bond donors (Lipinski definition) is 0. The highest BCUT2D eigenvalue weighted by atomic mass is 32.2. The molecule has 0 radical (unpaired) electrons. The van der Waals surface area contributed by atoms with Gasteiger partial charge in [-0.3, -0.25) is 4.79 Å². The van der Waals surface area contributed by atoms with E-state index in [0.29, 0.717) is 37.9 Å². The topological polar surface area (TPSA) is 81.8 Å². The van der Waals surface area contributed by atoms with Gasteiger partial charge in [0.25, 0.3) is 0 Å². The quantitative estimate of drug-likeness (QED) is 0.497. The molecule has 8 heteroatoms. The number of ether oxygens (including phenoxy) is 1. The maximum atomic E-state index is 12.4. The molecule has 1 aromatic carbocycles. The van der Waals surface area contributed by atoms with E-state index >= 15 is 0 Å². The monoisotopic (exact) mass is 444 g/mol. The van der Waals surface area contributed by atoms with Gasteiger partial charge in [-0.15, -0.1) is 0 Å². The number of benzene rings is 1. The number of hydrogen-bond acceptors (Lipinski definition) is 5. The van der Waals surface area contributed by atoms with E-state index in [2.05, 4.69) is 0 Å². The molecule has 0 unspecified atom stereocenters. The van der Waals surface area contributed by atoms with Crippen molar-refractivity contribution in [3.63, 3.8) is 0 Å². The van der Waals surface area contributed by atoms with Crippen molar-refractivity contribution in [1.29, 1.82) is 0 Å². The highest BCUT2D eigenvalue weighted by Gasteiger charge is 2.24. The largest absolute Gasteiger partial charge is 0.487 e. The molecule has 0 bridgehead atoms. The summed E-state index contributed by atoms with van der Waals surface area (Å²) in [4.78, 5) is 12.4. The van der Waals surface area contributed by atoms with Crippen LogP contribution >= 0.6 is 0 Å². The van der Waals surface area contributed by atoms with Crippen molar-refractivity contribution < 1.29 is 17.6 Å². The van der Waals surface area contributed by atoms with Crippen molar-refractivity contribution in [2.75, 3.05) is 26.0 Å². The average molecular weight is 445 g/mol. The minimum absolute atomic E-state index is 0.181. The maximum Gasteiger partial charge on any atom is 0.227 e. The molecule has 31 heavy (non-hydrogen) atoms. The first-order chi connectivity index (χ1) is 14.9. The van der Waals surface area contributed by atoms with Gasteiger partial charge in [-0.2, -0.15) is 0 Å². The minimum atomic E-state index is -3.08. The standard InChI is InChI=1S/C23H28N2O5S/c1-31(27,28)25-10-8-18(9-11-25)5-4-12-29-23-17-30-21(13-22(23)26)16-24-14-19-6-2-3-7-20(19)15-24/h2-3,6-7,13-15,17-18H,4-5,8-12,16H2,1H3. The Balaban J connectivity index is 1.24. The second-order valence-corrected chi connectivity index (χ2v) is 10.2. The molecule has 1 aliphatic heterocycles. The summed E-state index contributed by atoms with van der Waals surface area (Å²) in [7, 11) is -3.08. The van der Waals surface area contributed by atoms with Crippen LogP contribution in [0.25, 0.3) is 10.8 Å². The predicted molar refractivity (Wildman–Crippen MR) is 120 cm³/mol. The number of fused-ring (bicyclic) bond motifs is 1. The number of sulfonamides is 1. The van der Waals surface area contributed by atoms with E-state index in [0.717, 1.165) is 36.5 Å². The minimum Gasteiger partial charge on any atom is -0.487 e. The first-order valence-electron chi connectivity index (χ1n) is 10.6. The number of rotatable bonds is 8. The van der Waals surface area contributed by atoms with Crippen LogP contribution in [0.15, 0.2) is 58.2 Å². The van der Waals surface area contributed by atoms with Crippen molar-refractivity contribution in [1.82, 2.24) is 8.87 Å². The number of nitrogens with zero attached hydrogens (tertiary/aromatic N) is 2. The van der Waals surface area contributed by atoms with Crippen LogP contribution in [0.3, 0.4) is 0 Å². The van der Waals surface area contributed by atoms with E-state index in [1.165, 1.54) is 18.6 Å². The lowest BCUT2D eigenvalue weighted by molar-refractivity contribution is 0.235. The van der Waals surface area contributed by atoms with Crippen molar-refractivity contribution in [3.05, 3.63) is 65.0 Å². The molecule has 0 amide bonds. The predicted octanol–water partition coefficient (Wildman–Crippen LogP) is 3.47. The molecule has 3 aromatic rings. The van der Waals surface area contributed by atoms with Crippen LogP contribution < -0.4 is 10.2 Å². The average Bonchev–Trinajstić information content (AvgIpc) is 3.14. The molecule has 1 fully saturated rings. The number of aromatic nitrogens is 1. The molecule has 7 nitrogen and oxygen atoms in total. The normalized spacial score (nSPS) is 16.0. The van der Waals surface area contributed by atoms with Crippen LogP contribution in [0.5, 0.6) is 5.75 Å². The Morgan fingerprint density at radius 1 is 1.13 bits per heavy atom. The van der Waals surface area contributed by atoms with Crippen molar-refractivity contribution >= 4 is 20.8 Å². The highest BCUT2D eigenvalue weighted by Crippen LogP contribution is 2.23. The first kappa shape index (κ1) is 21.6. The van der Waals surface area contributed by atoms with Crippen LogP contribution in [-0.4, -0.2) is 43.2 Å². The molecule has 0 spiro atoms. The van der Waals surface area contributed by atoms with Crippen LogP contribution in [-0.2, 0) is 16.6 Å². The van der Waals surface area contributed by atoms with Crippen LogP contribution in [0.4, 0.5) is 0 Å². The molecule has 0 atom stereocenters. The van der Waals surface area contributed by atoms with Crippen molar-refractivity contribution in [2.24, 2.45) is 5.92 Å². The van der Waals surface area contributed by atoms with Gasteiger partial charge in [0.05, 0.1) is 19.4 Å². The fraction of sp³-hybridized carbons (Fsp3) is 0.435. The van der Waals surface area contributed by atoms with E-state index in [-0.39, 0.29) is 11.2 Å². The Labute approximate surface area is 182 Å². The lowest BCUT2D eigenvalue weighted by atomic mass is 9.93. The van der Waals surface area contributed by atoms with Crippen LogP contribution in [0.2, 0.25) is 0 Å². The Morgan fingerprint density at radius 2 is 1.81 bits per heavy atom. The molecule has 3 heterocycles. The second kappa shape index (κ2) is 9.28. The van der Waals surface area contributed by atoms with E-state index in [1.807, 2.05) is 41.2 Å². The fourth-order valence-electron chi connectivity index (χ4n) is 4.12. The van der Waals surface area contributed by atoms with E-state index < -0.39 is 10.0 Å². The zero-order valence-corrected chi connectivity index (χ0v) is 18.5. The fourth-order valence-corrected chi connectivity index (χ4v) is 5.00. The molecule has 1 saturated heterocycles. The van der Waals surface area contributed by atoms with Gasteiger partial charge in [-0.25, -0.2) is 12.7 Å². The molecular formula is C23H28N2O5S. The SMILES string of the molecule is CS(=O)(=O)N1CCC(CCCOc2coc(Cn3cc4ccccc4c3)cc2=O)CC1. The van der Waals surface area contributed by atoms with Gasteiger partial charge in [0.2, 0.25) is 21.2 Å². The van der Waals surface area contributed by atoms with Gasteiger partial charge in [-0.1, -0.05) is 24.3 Å². The van der Waals surface area contributed by atoms with Gasteiger partial charge >= 0.3 is 0 Å². The summed E-state index contributed by atoms with van der Waals surface area (Å²) >= 11 is 0. The smallest absolute Gasteiger partial charge is 0.227 e. The summed E-state index contributed by atoms with van der Waals surface area (Å²) in [6.07, 6.45) is 10.2. The van der Waals surface area contributed by atoms with E-state index in [9.17, 15) is 13.2 Å². The highest BCUT2D eigenvalue weighted by molar-refractivity contribution is 7.88. The van der Waals surface area contributed by atoms with E-state index in [4.69, 9.17) is 9.15 Å². The van der Waals surface area contributed by atoms with Crippen LogP contribution in [0, 0.1) is 5.92 Å². The Morgan fingerprint density at radius 3 is 2.42 bits per heavy atom. The Hall–Kier alpha value is -2.58. The van der Waals surface area contributed by atoms with Crippen molar-refractivity contribution in [2.45, 2.75) is 32.2 Å². The summed E-state index contributed by atoms with van der Waals surface area (Å²) in [5.41, 5.74) is -0.181. The molecule has 0 saturated carbocycles. The van der Waals surface area contributed by atoms with Gasteiger partial charge < -0.3 is 13.7 Å². The summed E-state index contributed by atoms with van der Waals surface area (Å²) in [6, 6.07) is 9.58. The zero-order chi connectivity index (χ0) is 21.8. The summed E-state index contributed by atoms with van der Waals surface area (Å²) < 4.78 is 38.0. The van der Waals surface area contributed by atoms with Gasteiger partial charge in [0.1, 0.15) is 12.0 Å². The Kier molecular flexibility index (Phi) is 6.48. The second-order valence-electron chi connectivity index (χ2n) is 8.23. The molecule has 4 rings (SSSR count). The van der Waals surface area contributed by atoms with Gasteiger partial charge in [-0.05, 0) is 42.4 Å². The molecule has 0 N–H and O–H groups in total. The summed E-state index contributed by atoms with van der Waals surface area (Å²) in [5, 5.41) is 2.29. The molecular weight excluding hydrogens is 416 g/mol. The van der Waals surface area contributed by atoms with Gasteiger partial charge in [0, 0.05) is 31.5 Å².